The fourth-order valence-corrected chi connectivity index (χ4v) is 3.94. The zero-order valence-electron chi connectivity index (χ0n) is 12.6. The lowest BCUT2D eigenvalue weighted by molar-refractivity contribution is -0.125. The molecule has 1 amide bonds. The van der Waals surface area contributed by atoms with Crippen molar-refractivity contribution >= 4 is 5.91 Å². The fourth-order valence-electron chi connectivity index (χ4n) is 3.94. The van der Waals surface area contributed by atoms with Crippen LogP contribution in [0.15, 0.2) is 0 Å². The molecule has 0 aliphatic heterocycles. The van der Waals surface area contributed by atoms with Crippen molar-refractivity contribution in [1.29, 1.82) is 0 Å². The van der Waals surface area contributed by atoms with Gasteiger partial charge in [-0.15, -0.1) is 0 Å². The third-order valence-corrected chi connectivity index (χ3v) is 5.48. The Hall–Kier alpha value is -0.570. The molecular weight excluding hydrogens is 236 g/mol. The third-order valence-electron chi connectivity index (χ3n) is 5.48. The lowest BCUT2D eigenvalue weighted by atomic mass is 9.71. The number of hydrogen-bond donors (Lipinski definition) is 2. The summed E-state index contributed by atoms with van der Waals surface area (Å²) in [6, 6.07) is 0.360. The van der Waals surface area contributed by atoms with Crippen LogP contribution in [-0.4, -0.2) is 18.5 Å². The van der Waals surface area contributed by atoms with Gasteiger partial charge in [0.15, 0.2) is 0 Å². The van der Waals surface area contributed by atoms with Crippen LogP contribution in [0.2, 0.25) is 0 Å². The van der Waals surface area contributed by atoms with Gasteiger partial charge in [-0.2, -0.15) is 0 Å². The maximum Gasteiger partial charge on any atom is 0.220 e. The first-order valence-electron chi connectivity index (χ1n) is 7.97. The highest BCUT2D eigenvalue weighted by Gasteiger charge is 2.38. The zero-order chi connectivity index (χ0) is 13.9. The van der Waals surface area contributed by atoms with Gasteiger partial charge in [0.1, 0.15) is 0 Å². The summed E-state index contributed by atoms with van der Waals surface area (Å²) in [5, 5.41) is 3.28. The van der Waals surface area contributed by atoms with E-state index in [1.807, 2.05) is 0 Å². The van der Waals surface area contributed by atoms with Gasteiger partial charge >= 0.3 is 0 Å². The second kappa shape index (κ2) is 5.82. The summed E-state index contributed by atoms with van der Waals surface area (Å²) in [4.78, 5) is 12.4. The number of nitrogens with two attached hydrogens (primary N) is 1. The molecular formula is C16H30N2O. The number of amides is 1. The summed E-state index contributed by atoms with van der Waals surface area (Å²) in [6.45, 7) is 5.20. The van der Waals surface area contributed by atoms with Crippen molar-refractivity contribution in [3.8, 4) is 0 Å². The van der Waals surface area contributed by atoms with E-state index < -0.39 is 0 Å². The number of hydrogen-bond acceptors (Lipinski definition) is 2. The Morgan fingerprint density at radius 1 is 1.16 bits per heavy atom. The molecule has 3 heteroatoms. The summed E-state index contributed by atoms with van der Waals surface area (Å²) in [7, 11) is 0. The molecule has 3 N–H and O–H groups in total. The predicted molar refractivity (Wildman–Crippen MR) is 78.8 cm³/mol. The third kappa shape index (κ3) is 3.50. The average molecular weight is 266 g/mol. The summed E-state index contributed by atoms with van der Waals surface area (Å²) in [5.41, 5.74) is 6.32. The number of carbonyl (C=O) groups excluding carboxylic acids is 1. The minimum absolute atomic E-state index is 0.0884. The van der Waals surface area contributed by atoms with Crippen molar-refractivity contribution in [2.24, 2.45) is 16.6 Å². The highest BCUT2D eigenvalue weighted by Crippen LogP contribution is 2.40. The molecule has 1 unspecified atom stereocenters. The highest BCUT2D eigenvalue weighted by atomic mass is 16.1. The van der Waals surface area contributed by atoms with Gasteiger partial charge in [-0.25, -0.2) is 0 Å². The zero-order valence-corrected chi connectivity index (χ0v) is 12.6. The highest BCUT2D eigenvalue weighted by molar-refractivity contribution is 5.77. The van der Waals surface area contributed by atoms with Gasteiger partial charge in [-0.05, 0) is 43.1 Å². The smallest absolute Gasteiger partial charge is 0.220 e. The van der Waals surface area contributed by atoms with Crippen molar-refractivity contribution in [3.63, 3.8) is 0 Å². The van der Waals surface area contributed by atoms with Gasteiger partial charge in [0.25, 0.3) is 0 Å². The van der Waals surface area contributed by atoms with Crippen molar-refractivity contribution in [3.05, 3.63) is 0 Å². The Morgan fingerprint density at radius 3 is 2.37 bits per heavy atom. The Morgan fingerprint density at radius 2 is 1.84 bits per heavy atom. The maximum atomic E-state index is 12.4. The lowest BCUT2D eigenvalue weighted by Crippen LogP contribution is -2.45. The van der Waals surface area contributed by atoms with E-state index in [4.69, 9.17) is 5.73 Å². The SMILES string of the molecule is CC1(C)CCCC1NC(=O)CC1(CN)CCCCC1. The first kappa shape index (κ1) is 14.8. The topological polar surface area (TPSA) is 55.1 Å². The molecule has 2 rings (SSSR count). The van der Waals surface area contributed by atoms with Crippen LogP contribution < -0.4 is 11.1 Å². The Bertz CT molecular complexity index is 319. The van der Waals surface area contributed by atoms with E-state index >= 15 is 0 Å². The van der Waals surface area contributed by atoms with E-state index in [0.717, 1.165) is 19.3 Å². The summed E-state index contributed by atoms with van der Waals surface area (Å²) in [6.07, 6.45) is 10.3. The lowest BCUT2D eigenvalue weighted by Gasteiger charge is -2.36. The average Bonchev–Trinajstić information content (AvgIpc) is 2.70. The molecule has 0 aromatic heterocycles. The molecule has 2 aliphatic carbocycles. The Labute approximate surface area is 117 Å². The molecule has 0 bridgehead atoms. The van der Waals surface area contributed by atoms with Crippen LogP contribution in [0.1, 0.15) is 71.6 Å². The first-order valence-corrected chi connectivity index (χ1v) is 7.97. The van der Waals surface area contributed by atoms with Crippen molar-refractivity contribution < 1.29 is 4.79 Å². The Kier molecular flexibility index (Phi) is 4.54. The molecule has 0 heterocycles. The van der Waals surface area contributed by atoms with Crippen molar-refractivity contribution in [2.75, 3.05) is 6.54 Å². The molecule has 0 aromatic rings. The predicted octanol–water partition coefficient (Wildman–Crippen LogP) is 2.98. The normalized spacial score (nSPS) is 29.1. The first-order chi connectivity index (χ1) is 8.97. The largest absolute Gasteiger partial charge is 0.353 e. The van der Waals surface area contributed by atoms with Gasteiger partial charge in [-0.1, -0.05) is 39.5 Å². The van der Waals surface area contributed by atoms with Crippen LogP contribution in [0.3, 0.4) is 0 Å². The second-order valence-electron chi connectivity index (χ2n) is 7.44. The molecule has 2 saturated carbocycles. The van der Waals surface area contributed by atoms with Gasteiger partial charge in [-0.3, -0.25) is 4.79 Å². The van der Waals surface area contributed by atoms with Crippen LogP contribution in [0.25, 0.3) is 0 Å². The molecule has 0 saturated heterocycles. The van der Waals surface area contributed by atoms with Crippen LogP contribution >= 0.6 is 0 Å². The second-order valence-corrected chi connectivity index (χ2v) is 7.44. The molecule has 2 aliphatic rings. The van der Waals surface area contributed by atoms with Gasteiger partial charge in [0.2, 0.25) is 5.91 Å². The van der Waals surface area contributed by atoms with E-state index in [1.165, 1.54) is 32.1 Å². The fraction of sp³-hybridized carbons (Fsp3) is 0.938. The van der Waals surface area contributed by atoms with Crippen molar-refractivity contribution in [2.45, 2.75) is 77.7 Å². The van der Waals surface area contributed by atoms with E-state index in [1.54, 1.807) is 0 Å². The molecule has 1 atom stereocenters. The summed E-state index contributed by atoms with van der Waals surface area (Å²) >= 11 is 0. The van der Waals surface area contributed by atoms with Gasteiger partial charge in [0, 0.05) is 12.5 Å². The van der Waals surface area contributed by atoms with Crippen LogP contribution in [0.4, 0.5) is 0 Å². The molecule has 2 fully saturated rings. The summed E-state index contributed by atoms with van der Waals surface area (Å²) in [5.74, 6) is 0.229. The minimum atomic E-state index is 0.0884. The number of nitrogens with one attached hydrogen (secondary N) is 1. The van der Waals surface area contributed by atoms with Crippen molar-refractivity contribution in [1.82, 2.24) is 5.32 Å². The molecule has 110 valence electrons. The number of rotatable bonds is 4. The van der Waals surface area contributed by atoms with Gasteiger partial charge in [0.05, 0.1) is 0 Å². The quantitative estimate of drug-likeness (QED) is 0.822. The van der Waals surface area contributed by atoms with Crippen LogP contribution in [0, 0.1) is 10.8 Å². The standard InChI is InChI=1S/C16H30N2O/c1-15(2)8-6-7-13(15)18-14(19)11-16(12-17)9-4-3-5-10-16/h13H,3-12,17H2,1-2H3,(H,18,19). The van der Waals surface area contributed by atoms with E-state index in [2.05, 4.69) is 19.2 Å². The molecule has 3 nitrogen and oxygen atoms in total. The molecule has 0 radical (unpaired) electrons. The molecule has 0 spiro atoms. The minimum Gasteiger partial charge on any atom is -0.353 e. The van der Waals surface area contributed by atoms with E-state index in [9.17, 15) is 4.79 Å². The summed E-state index contributed by atoms with van der Waals surface area (Å²) < 4.78 is 0. The van der Waals surface area contributed by atoms with Crippen LogP contribution in [0.5, 0.6) is 0 Å². The van der Waals surface area contributed by atoms with E-state index in [0.29, 0.717) is 19.0 Å². The maximum absolute atomic E-state index is 12.4. The molecule has 19 heavy (non-hydrogen) atoms. The van der Waals surface area contributed by atoms with Crippen LogP contribution in [-0.2, 0) is 4.79 Å². The Balaban J connectivity index is 1.89. The van der Waals surface area contributed by atoms with Gasteiger partial charge < -0.3 is 11.1 Å². The number of carbonyl (C=O) groups is 1. The molecule has 0 aromatic carbocycles. The van der Waals surface area contributed by atoms with E-state index in [-0.39, 0.29) is 16.7 Å². The monoisotopic (exact) mass is 266 g/mol.